The Labute approximate surface area is 103 Å². The molecule has 0 bridgehead atoms. The van der Waals surface area contributed by atoms with Gasteiger partial charge in [0.1, 0.15) is 0 Å². The number of carbonyl (C=O) groups excluding carboxylic acids is 1. The van der Waals surface area contributed by atoms with Crippen LogP contribution in [0.5, 0.6) is 0 Å². The number of Topliss-reactive ketones (excluding diaryl/α,β-unsaturated/α-hetero) is 1. The largest absolute Gasteiger partial charge is 0.364 e. The molecule has 17 heavy (non-hydrogen) atoms. The molecule has 0 fully saturated rings. The van der Waals surface area contributed by atoms with Gasteiger partial charge in [0.25, 0.3) is 0 Å². The Hall–Kier alpha value is -2.44. The second-order valence-corrected chi connectivity index (χ2v) is 3.35. The summed E-state index contributed by atoms with van der Waals surface area (Å²) in [5, 5.41) is 0. The van der Waals surface area contributed by atoms with Crippen LogP contribution in [0.15, 0.2) is 30.3 Å². The Balaban J connectivity index is 2.57. The van der Waals surface area contributed by atoms with Crippen molar-refractivity contribution in [2.75, 3.05) is 0 Å². The molecule has 1 aromatic rings. The predicted octanol–water partition coefficient (Wildman–Crippen LogP) is 2.37. The summed E-state index contributed by atoms with van der Waals surface area (Å²) in [7, 11) is 0.589. The lowest BCUT2D eigenvalue weighted by Crippen LogP contribution is -1.92. The van der Waals surface area contributed by atoms with Crippen molar-refractivity contribution >= 4 is 14.4 Å². The molecule has 78 valence electrons. The van der Waals surface area contributed by atoms with Gasteiger partial charge in [-0.05, 0) is 23.7 Å². The van der Waals surface area contributed by atoms with Gasteiger partial charge in [-0.3, -0.25) is 16.1 Å². The minimum absolute atomic E-state index is 0.244. The number of benzene rings is 1. The highest BCUT2D eigenvalue weighted by atomic mass is 31.1. The van der Waals surface area contributed by atoms with Gasteiger partial charge in [0.15, 0.2) is 0 Å². The van der Waals surface area contributed by atoms with Gasteiger partial charge in [-0.15, -0.1) is 6.42 Å². The van der Waals surface area contributed by atoms with Gasteiger partial charge in [-0.2, -0.15) is 0 Å². The van der Waals surface area contributed by atoms with Crippen molar-refractivity contribution in [3.63, 3.8) is 0 Å². The molecule has 0 saturated heterocycles. The number of hydrogen-bond acceptors (Lipinski definition) is 1. The number of carbonyl (C=O) groups is 1. The van der Waals surface area contributed by atoms with Gasteiger partial charge in [0.05, 0.1) is 0 Å². The molecule has 0 aromatic heterocycles. The lowest BCUT2D eigenvalue weighted by atomic mass is 10.1. The van der Waals surface area contributed by atoms with Crippen LogP contribution in [0.1, 0.15) is 10.4 Å². The summed E-state index contributed by atoms with van der Waals surface area (Å²) < 4.78 is 0. The second kappa shape index (κ2) is 7.80. The molecule has 1 nitrogen and oxygen atoms in total. The summed E-state index contributed by atoms with van der Waals surface area (Å²) in [5.41, 5.74) is 5.83. The van der Waals surface area contributed by atoms with Crippen LogP contribution in [0.25, 0.3) is 0 Å². The van der Waals surface area contributed by atoms with Crippen molar-refractivity contribution in [2.45, 2.75) is 0 Å². The first-order valence-electron chi connectivity index (χ1n) is 4.60. The van der Waals surface area contributed by atoms with Crippen molar-refractivity contribution in [3.8, 4) is 47.3 Å². The lowest BCUT2D eigenvalue weighted by Gasteiger charge is -1.90. The molecular weight excluding hydrogens is 227 g/mol. The van der Waals surface area contributed by atoms with E-state index in [2.05, 4.69) is 40.9 Å². The molecule has 1 rings (SSSR count). The van der Waals surface area contributed by atoms with Crippen molar-refractivity contribution in [2.24, 2.45) is 0 Å². The summed E-state index contributed by atoms with van der Waals surface area (Å²) >= 11 is 0. The van der Waals surface area contributed by atoms with E-state index in [4.69, 9.17) is 6.42 Å². The van der Waals surface area contributed by atoms with Crippen LogP contribution in [0, 0.1) is 47.3 Å². The highest BCUT2D eigenvalue weighted by molar-refractivity contribution is 7.49. The Morgan fingerprint density at radius 1 is 1.06 bits per heavy atom. The maximum atomic E-state index is 11.5. The Kier molecular flexibility index (Phi) is 5.79. The third-order valence-corrected chi connectivity index (χ3v) is 2.02. The highest BCUT2D eigenvalue weighted by Gasteiger charge is 1.97. The van der Waals surface area contributed by atoms with Crippen LogP contribution in [0.2, 0.25) is 0 Å². The van der Waals surface area contributed by atoms with E-state index >= 15 is 0 Å². The fourth-order valence-electron chi connectivity index (χ4n) is 0.894. The number of hydrogen-bond donors (Lipinski definition) is 0. The van der Waals surface area contributed by atoms with Crippen molar-refractivity contribution in [1.82, 2.24) is 0 Å². The molecule has 0 radical (unpaired) electrons. The maximum Gasteiger partial charge on any atom is 0.236 e. The Bertz CT molecular complexity index is 616. The van der Waals surface area contributed by atoms with Crippen LogP contribution < -0.4 is 0 Å². The molecule has 0 N–H and O–H groups in total. The summed E-state index contributed by atoms with van der Waals surface area (Å²) in [6, 6.07) is 8.83. The van der Waals surface area contributed by atoms with Crippen molar-refractivity contribution in [3.05, 3.63) is 35.9 Å². The van der Waals surface area contributed by atoms with Gasteiger partial charge in [-0.25, -0.2) is 0 Å². The molecule has 0 spiro atoms. The lowest BCUT2D eigenvalue weighted by molar-refractivity contribution is 0.105. The first kappa shape index (κ1) is 12.6. The average Bonchev–Trinajstić information content (AvgIpc) is 2.38. The molecule has 0 amide bonds. The zero-order valence-corrected chi connectivity index (χ0v) is 9.71. The Morgan fingerprint density at radius 2 is 1.76 bits per heavy atom. The third-order valence-electron chi connectivity index (χ3n) is 1.57. The van der Waals surface area contributed by atoms with Gasteiger partial charge in [0, 0.05) is 5.56 Å². The highest BCUT2D eigenvalue weighted by Crippen LogP contribution is 2.01. The third kappa shape index (κ3) is 5.26. The normalized spacial score (nSPS) is 7.71. The number of ketones is 1. The molecule has 0 heterocycles. The van der Waals surface area contributed by atoms with Crippen molar-refractivity contribution in [1.29, 1.82) is 0 Å². The first-order chi connectivity index (χ1) is 8.34. The molecule has 0 aliphatic rings. The Morgan fingerprint density at radius 3 is 2.47 bits per heavy atom. The summed E-state index contributed by atoms with van der Waals surface area (Å²) in [6.45, 7) is 0. The van der Waals surface area contributed by atoms with Gasteiger partial charge < -0.3 is 8.58 Å². The summed E-state index contributed by atoms with van der Waals surface area (Å²) in [6.07, 6.45) is 4.92. The van der Waals surface area contributed by atoms with E-state index in [-0.39, 0.29) is 5.78 Å². The summed E-state index contributed by atoms with van der Waals surface area (Å²) in [5.74, 6) is 11.8. The van der Waals surface area contributed by atoms with E-state index in [1.165, 1.54) is 0 Å². The summed E-state index contributed by atoms with van der Waals surface area (Å²) in [4.78, 5) is 11.5. The number of terminal acetylenes is 1. The molecule has 0 aliphatic carbocycles. The van der Waals surface area contributed by atoms with Crippen LogP contribution in [-0.4, -0.2) is 5.78 Å². The van der Waals surface area contributed by atoms with E-state index in [1.807, 2.05) is 6.07 Å². The minimum Gasteiger partial charge on any atom is -0.364 e. The van der Waals surface area contributed by atoms with E-state index < -0.39 is 0 Å². The topological polar surface area (TPSA) is 17.1 Å². The van der Waals surface area contributed by atoms with E-state index in [1.54, 1.807) is 24.3 Å². The molecular formula is C15H6OP-. The minimum atomic E-state index is -0.244. The average molecular weight is 233 g/mol. The van der Waals surface area contributed by atoms with Gasteiger partial charge >= 0.3 is 0 Å². The van der Waals surface area contributed by atoms with Crippen LogP contribution in [0.3, 0.4) is 0 Å². The molecule has 0 unspecified atom stereocenters. The van der Waals surface area contributed by atoms with E-state index in [0.717, 1.165) is 0 Å². The number of rotatable bonds is 1. The molecule has 1 aromatic carbocycles. The quantitative estimate of drug-likeness (QED) is 0.315. The fraction of sp³-hybridized carbons (Fsp3) is 0. The van der Waals surface area contributed by atoms with Crippen LogP contribution in [0.4, 0.5) is 0 Å². The van der Waals surface area contributed by atoms with Crippen LogP contribution in [-0.2, 0) is 0 Å². The molecule has 0 aliphatic heterocycles. The van der Waals surface area contributed by atoms with Gasteiger partial charge in [0.2, 0.25) is 5.78 Å². The second-order valence-electron chi connectivity index (χ2n) is 2.67. The zero-order valence-electron chi connectivity index (χ0n) is 8.82. The first-order valence-corrected chi connectivity index (χ1v) is 5.50. The smallest absolute Gasteiger partial charge is 0.236 e. The predicted molar refractivity (Wildman–Crippen MR) is 69.9 cm³/mol. The SMILES string of the molecule is C#CC#C[P-]C#CC#CC(=O)c1ccccc1. The van der Waals surface area contributed by atoms with Gasteiger partial charge in [-0.1, -0.05) is 36.3 Å². The molecule has 0 atom stereocenters. The van der Waals surface area contributed by atoms with Crippen molar-refractivity contribution < 1.29 is 4.79 Å². The van der Waals surface area contributed by atoms with E-state index in [9.17, 15) is 4.79 Å². The maximum absolute atomic E-state index is 11.5. The standard InChI is InChI=1S/C15H6OP/c1-2-3-12-17-13-8-7-11-15(16)14-9-5-4-6-10-14/h1,4-6,9-10H/q-1. The molecule has 2 heteroatoms. The fourth-order valence-corrected chi connectivity index (χ4v) is 1.18. The van der Waals surface area contributed by atoms with Crippen LogP contribution >= 0.6 is 8.58 Å². The molecule has 0 saturated carbocycles. The zero-order chi connectivity index (χ0) is 12.3. The van der Waals surface area contributed by atoms with E-state index in [0.29, 0.717) is 14.1 Å². The monoisotopic (exact) mass is 233 g/mol.